The van der Waals surface area contributed by atoms with Crippen LogP contribution in [-0.4, -0.2) is 30.9 Å². The number of ketones is 1. The van der Waals surface area contributed by atoms with Gasteiger partial charge in [0.25, 0.3) is 0 Å². The number of halogens is 2. The van der Waals surface area contributed by atoms with E-state index in [1.165, 1.54) is 23.9 Å². The van der Waals surface area contributed by atoms with E-state index in [-0.39, 0.29) is 25.6 Å². The van der Waals surface area contributed by atoms with Crippen molar-refractivity contribution in [2.24, 2.45) is 0 Å². The number of fused-ring (bicyclic) bond motifs is 1. The Kier molecular flexibility index (Phi) is 5.72. The van der Waals surface area contributed by atoms with E-state index in [2.05, 4.69) is 0 Å². The predicted octanol–water partition coefficient (Wildman–Crippen LogP) is 3.60. The molecule has 0 amide bonds. The van der Waals surface area contributed by atoms with Crippen molar-refractivity contribution in [1.29, 1.82) is 0 Å². The van der Waals surface area contributed by atoms with Gasteiger partial charge in [-0.05, 0) is 36.4 Å². The van der Waals surface area contributed by atoms with Gasteiger partial charge in [0, 0.05) is 16.2 Å². The highest BCUT2D eigenvalue weighted by atomic mass is 32.2. The maximum Gasteiger partial charge on any atom is 0.307 e. The number of esters is 1. The average Bonchev–Trinajstić information content (AvgIpc) is 3.10. The molecule has 0 aliphatic carbocycles. The summed E-state index contributed by atoms with van der Waals surface area (Å²) in [7, 11) is 0. The average molecular weight is 380 g/mol. The van der Waals surface area contributed by atoms with Crippen molar-refractivity contribution >= 4 is 23.5 Å². The molecular weight excluding hydrogens is 366 g/mol. The van der Waals surface area contributed by atoms with Crippen LogP contribution in [-0.2, 0) is 9.53 Å². The number of carbonyl (C=O) groups excluding carboxylic acids is 2. The highest BCUT2D eigenvalue weighted by Crippen LogP contribution is 2.32. The lowest BCUT2D eigenvalue weighted by molar-refractivity contribution is -0.141. The lowest BCUT2D eigenvalue weighted by atomic mass is 10.1. The number of benzene rings is 2. The van der Waals surface area contributed by atoms with Crippen molar-refractivity contribution in [3.05, 3.63) is 53.6 Å². The third-order valence-electron chi connectivity index (χ3n) is 3.52. The quantitative estimate of drug-likeness (QED) is 0.416. The second kappa shape index (κ2) is 8.18. The maximum absolute atomic E-state index is 13.1. The summed E-state index contributed by atoms with van der Waals surface area (Å²) >= 11 is 1.19. The Balaban J connectivity index is 1.42. The van der Waals surface area contributed by atoms with E-state index in [9.17, 15) is 18.4 Å². The summed E-state index contributed by atoms with van der Waals surface area (Å²) in [5.41, 5.74) is 0.359. The highest BCUT2D eigenvalue weighted by Gasteiger charge is 2.17. The van der Waals surface area contributed by atoms with Crippen LogP contribution in [0.15, 0.2) is 41.3 Å². The molecule has 0 saturated heterocycles. The van der Waals surface area contributed by atoms with E-state index >= 15 is 0 Å². The first-order valence-corrected chi connectivity index (χ1v) is 8.68. The summed E-state index contributed by atoms with van der Waals surface area (Å²) in [6, 6.07) is 8.25. The van der Waals surface area contributed by atoms with Crippen molar-refractivity contribution < 1.29 is 32.6 Å². The van der Waals surface area contributed by atoms with Crippen LogP contribution in [0, 0.1) is 11.6 Å². The Morgan fingerprint density at radius 3 is 2.65 bits per heavy atom. The molecule has 5 nitrogen and oxygen atoms in total. The Labute approximate surface area is 152 Å². The second-order valence-corrected chi connectivity index (χ2v) is 6.49. The van der Waals surface area contributed by atoms with E-state index in [0.29, 0.717) is 27.7 Å². The molecule has 0 saturated carbocycles. The molecule has 3 rings (SSSR count). The van der Waals surface area contributed by atoms with Crippen LogP contribution in [0.3, 0.4) is 0 Å². The first-order valence-electron chi connectivity index (χ1n) is 7.69. The van der Waals surface area contributed by atoms with Crippen LogP contribution in [0.5, 0.6) is 11.5 Å². The highest BCUT2D eigenvalue weighted by molar-refractivity contribution is 7.99. The van der Waals surface area contributed by atoms with Gasteiger partial charge < -0.3 is 14.2 Å². The molecule has 0 bridgehead atoms. The van der Waals surface area contributed by atoms with Crippen LogP contribution >= 0.6 is 11.8 Å². The molecule has 1 aliphatic rings. The van der Waals surface area contributed by atoms with E-state index in [1.807, 2.05) is 0 Å². The Hall–Kier alpha value is -2.61. The van der Waals surface area contributed by atoms with Gasteiger partial charge in [0.2, 0.25) is 6.79 Å². The van der Waals surface area contributed by atoms with Gasteiger partial charge in [-0.15, -0.1) is 11.8 Å². The van der Waals surface area contributed by atoms with Crippen LogP contribution < -0.4 is 9.47 Å². The smallest absolute Gasteiger partial charge is 0.307 e. The number of Topliss-reactive ketones (excluding diaryl/α,β-unsaturated/α-hetero) is 1. The standard InChI is InChI=1S/C18H14F2O5S/c19-13-3-2-12(8-14(13)20)26-6-5-18(22)23-9-15(21)11-1-4-16-17(7-11)25-10-24-16/h1-4,7-8H,5-6,9-10H2. The zero-order valence-electron chi connectivity index (χ0n) is 13.5. The first kappa shape index (κ1) is 18.2. The largest absolute Gasteiger partial charge is 0.457 e. The zero-order valence-corrected chi connectivity index (χ0v) is 14.3. The maximum atomic E-state index is 13.1. The molecule has 8 heteroatoms. The molecule has 2 aromatic rings. The molecule has 0 spiro atoms. The molecule has 0 aromatic heterocycles. The second-order valence-electron chi connectivity index (χ2n) is 5.33. The summed E-state index contributed by atoms with van der Waals surface area (Å²) in [5.74, 6) is -1.40. The fourth-order valence-electron chi connectivity index (χ4n) is 2.19. The monoisotopic (exact) mass is 380 g/mol. The number of thioether (sulfide) groups is 1. The third kappa shape index (κ3) is 4.51. The first-order chi connectivity index (χ1) is 12.5. The Morgan fingerprint density at radius 2 is 1.85 bits per heavy atom. The number of hydrogen-bond acceptors (Lipinski definition) is 6. The van der Waals surface area contributed by atoms with Gasteiger partial charge in [0.15, 0.2) is 35.5 Å². The molecular formula is C18H14F2O5S. The van der Waals surface area contributed by atoms with E-state index in [4.69, 9.17) is 14.2 Å². The number of carbonyl (C=O) groups is 2. The van der Waals surface area contributed by atoms with Gasteiger partial charge in [-0.1, -0.05) is 0 Å². The van der Waals surface area contributed by atoms with E-state index in [1.54, 1.807) is 12.1 Å². The SMILES string of the molecule is O=C(CCSc1ccc(F)c(F)c1)OCC(=O)c1ccc2c(c1)OCO2. The fourth-order valence-corrected chi connectivity index (χ4v) is 3.05. The minimum Gasteiger partial charge on any atom is -0.457 e. The Bertz CT molecular complexity index is 840. The normalized spacial score (nSPS) is 12.1. The van der Waals surface area contributed by atoms with Crippen molar-refractivity contribution in [3.63, 3.8) is 0 Å². The molecule has 0 unspecified atom stereocenters. The molecule has 26 heavy (non-hydrogen) atoms. The van der Waals surface area contributed by atoms with Gasteiger partial charge in [0.05, 0.1) is 6.42 Å². The lowest BCUT2D eigenvalue weighted by Gasteiger charge is -2.05. The van der Waals surface area contributed by atoms with Crippen LogP contribution in [0.4, 0.5) is 8.78 Å². The van der Waals surface area contributed by atoms with Crippen molar-refractivity contribution in [1.82, 2.24) is 0 Å². The van der Waals surface area contributed by atoms with Gasteiger partial charge in [-0.25, -0.2) is 8.78 Å². The zero-order chi connectivity index (χ0) is 18.5. The summed E-state index contributed by atoms with van der Waals surface area (Å²) in [4.78, 5) is 24.3. The minimum absolute atomic E-state index is 0.0398. The summed E-state index contributed by atoms with van der Waals surface area (Å²) in [6.45, 7) is -0.272. The van der Waals surface area contributed by atoms with Crippen molar-refractivity contribution in [2.45, 2.75) is 11.3 Å². The van der Waals surface area contributed by atoms with Gasteiger partial charge in [0.1, 0.15) is 0 Å². The molecule has 0 radical (unpaired) electrons. The summed E-state index contributed by atoms with van der Waals surface area (Å²) < 4.78 is 41.2. The molecule has 0 atom stereocenters. The van der Waals surface area contributed by atoms with Gasteiger partial charge in [-0.3, -0.25) is 9.59 Å². The van der Waals surface area contributed by atoms with Crippen LogP contribution in [0.1, 0.15) is 16.8 Å². The fraction of sp³-hybridized carbons (Fsp3) is 0.222. The van der Waals surface area contributed by atoms with Crippen molar-refractivity contribution in [3.8, 4) is 11.5 Å². The summed E-state index contributed by atoms with van der Waals surface area (Å²) in [5, 5.41) is 0. The van der Waals surface area contributed by atoms with Gasteiger partial charge >= 0.3 is 5.97 Å². The van der Waals surface area contributed by atoms with Crippen LogP contribution in [0.2, 0.25) is 0 Å². The van der Waals surface area contributed by atoms with E-state index in [0.717, 1.165) is 12.1 Å². The molecule has 136 valence electrons. The third-order valence-corrected chi connectivity index (χ3v) is 4.52. The van der Waals surface area contributed by atoms with E-state index < -0.39 is 17.6 Å². The molecule has 0 fully saturated rings. The number of ether oxygens (including phenoxy) is 3. The topological polar surface area (TPSA) is 61.8 Å². The van der Waals surface area contributed by atoms with Gasteiger partial charge in [-0.2, -0.15) is 0 Å². The van der Waals surface area contributed by atoms with Crippen molar-refractivity contribution in [2.75, 3.05) is 19.2 Å². The molecule has 2 aromatic carbocycles. The molecule has 1 aliphatic heterocycles. The molecule has 0 N–H and O–H groups in total. The summed E-state index contributed by atoms with van der Waals surface area (Å²) in [6.07, 6.45) is 0.0398. The predicted molar refractivity (Wildman–Crippen MR) is 89.6 cm³/mol. The lowest BCUT2D eigenvalue weighted by Crippen LogP contribution is -2.14. The van der Waals surface area contributed by atoms with Crippen LogP contribution in [0.25, 0.3) is 0 Å². The minimum atomic E-state index is -0.938. The number of rotatable bonds is 7. The Morgan fingerprint density at radius 1 is 1.04 bits per heavy atom. The molecule has 1 heterocycles. The number of hydrogen-bond donors (Lipinski definition) is 0.